The first-order valence-corrected chi connectivity index (χ1v) is 7.06. The molecule has 0 saturated carbocycles. The molecule has 0 aliphatic rings. The van der Waals surface area contributed by atoms with Crippen LogP contribution in [0.1, 0.15) is 10.5 Å². The fourth-order valence-corrected chi connectivity index (χ4v) is 1.96. The van der Waals surface area contributed by atoms with E-state index in [0.717, 1.165) is 0 Å². The van der Waals surface area contributed by atoms with Gasteiger partial charge in [0.1, 0.15) is 28.2 Å². The van der Waals surface area contributed by atoms with Gasteiger partial charge in [-0.25, -0.2) is 4.98 Å². The van der Waals surface area contributed by atoms with Crippen LogP contribution in [0.15, 0.2) is 61.1 Å². The van der Waals surface area contributed by atoms with Crippen LogP contribution in [0.2, 0.25) is 5.15 Å². The summed E-state index contributed by atoms with van der Waals surface area (Å²) in [5.74, 6) is 0.998. The first kappa shape index (κ1) is 14.9. The van der Waals surface area contributed by atoms with Gasteiger partial charge in [0, 0.05) is 18.5 Å². The lowest BCUT2D eigenvalue weighted by Crippen LogP contribution is -2.14. The second-order valence-electron chi connectivity index (χ2n) is 4.47. The Morgan fingerprint density at radius 1 is 1.09 bits per heavy atom. The number of nitrogens with one attached hydrogen (secondary N) is 1. The van der Waals surface area contributed by atoms with Gasteiger partial charge >= 0.3 is 0 Å². The summed E-state index contributed by atoms with van der Waals surface area (Å²) in [5.41, 5.74) is 0.202. The minimum absolute atomic E-state index is 0.202. The lowest BCUT2D eigenvalue weighted by atomic mass is 10.3. The topological polar surface area (TPSA) is 77.0 Å². The van der Waals surface area contributed by atoms with Gasteiger partial charge in [0.05, 0.1) is 6.20 Å². The summed E-state index contributed by atoms with van der Waals surface area (Å²) < 4.78 is 5.62. The number of carbonyl (C=O) groups excluding carboxylic acids is 1. The van der Waals surface area contributed by atoms with E-state index in [-0.39, 0.29) is 5.69 Å². The monoisotopic (exact) mass is 326 g/mol. The van der Waals surface area contributed by atoms with Gasteiger partial charge in [-0.1, -0.05) is 17.7 Å². The van der Waals surface area contributed by atoms with Gasteiger partial charge in [-0.15, -0.1) is 0 Å². The van der Waals surface area contributed by atoms with Crippen molar-refractivity contribution >= 4 is 23.3 Å². The number of ether oxygens (including phenoxy) is 1. The SMILES string of the molecule is O=C(Nc1cccc(Cl)n1)c1cc(Oc2cccnc2)ccn1. The Morgan fingerprint density at radius 3 is 2.78 bits per heavy atom. The Kier molecular flexibility index (Phi) is 4.44. The van der Waals surface area contributed by atoms with Crippen LogP contribution in [-0.4, -0.2) is 20.9 Å². The van der Waals surface area contributed by atoms with Gasteiger partial charge < -0.3 is 10.1 Å². The van der Waals surface area contributed by atoms with Crippen LogP contribution in [0.4, 0.5) is 5.82 Å². The molecule has 0 saturated heterocycles. The summed E-state index contributed by atoms with van der Waals surface area (Å²) in [6.45, 7) is 0. The number of pyridine rings is 3. The van der Waals surface area contributed by atoms with E-state index in [4.69, 9.17) is 16.3 Å². The first-order chi connectivity index (χ1) is 11.2. The molecule has 0 radical (unpaired) electrons. The summed E-state index contributed by atoms with van der Waals surface area (Å²) in [4.78, 5) is 24.2. The van der Waals surface area contributed by atoms with Crippen molar-refractivity contribution < 1.29 is 9.53 Å². The van der Waals surface area contributed by atoms with Gasteiger partial charge in [-0.05, 0) is 30.3 Å². The highest BCUT2D eigenvalue weighted by atomic mass is 35.5. The third kappa shape index (κ3) is 4.02. The molecule has 1 N–H and O–H groups in total. The quantitative estimate of drug-likeness (QED) is 0.742. The van der Waals surface area contributed by atoms with Gasteiger partial charge in [-0.3, -0.25) is 14.8 Å². The van der Waals surface area contributed by atoms with Crippen molar-refractivity contribution in [2.24, 2.45) is 0 Å². The predicted molar refractivity (Wildman–Crippen MR) is 85.7 cm³/mol. The number of halogens is 1. The molecule has 0 unspecified atom stereocenters. The summed E-state index contributed by atoms with van der Waals surface area (Å²) in [5, 5.41) is 2.92. The van der Waals surface area contributed by atoms with Crippen LogP contribution in [0, 0.1) is 0 Å². The average Bonchev–Trinajstić information content (AvgIpc) is 2.56. The summed E-state index contributed by atoms with van der Waals surface area (Å²) >= 11 is 5.79. The first-order valence-electron chi connectivity index (χ1n) is 6.68. The summed E-state index contributed by atoms with van der Waals surface area (Å²) in [6.07, 6.45) is 4.72. The molecule has 23 heavy (non-hydrogen) atoms. The lowest BCUT2D eigenvalue weighted by molar-refractivity contribution is 0.102. The van der Waals surface area contributed by atoms with Crippen LogP contribution in [0.5, 0.6) is 11.5 Å². The standard InChI is InChI=1S/C16H11ClN4O2/c17-14-4-1-5-15(20-14)21-16(22)13-9-11(6-8-19-13)23-12-3-2-7-18-10-12/h1-10H,(H,20,21,22). The molecular formula is C16H11ClN4O2. The minimum Gasteiger partial charge on any atom is -0.456 e. The molecule has 3 rings (SSSR count). The second kappa shape index (κ2) is 6.85. The number of hydrogen-bond donors (Lipinski definition) is 1. The number of anilines is 1. The summed E-state index contributed by atoms with van der Waals surface area (Å²) in [6, 6.07) is 11.7. The van der Waals surface area contributed by atoms with Crippen LogP contribution in [0.3, 0.4) is 0 Å². The van der Waals surface area contributed by atoms with Crippen LogP contribution < -0.4 is 10.1 Å². The normalized spacial score (nSPS) is 10.1. The minimum atomic E-state index is -0.406. The number of rotatable bonds is 4. The Balaban J connectivity index is 1.75. The zero-order valence-corrected chi connectivity index (χ0v) is 12.6. The average molecular weight is 327 g/mol. The Bertz CT molecular complexity index is 827. The lowest BCUT2D eigenvalue weighted by Gasteiger charge is -2.07. The molecule has 3 aromatic rings. The third-order valence-corrected chi connectivity index (χ3v) is 3.00. The molecule has 0 fully saturated rings. The third-order valence-electron chi connectivity index (χ3n) is 2.79. The molecule has 1 amide bonds. The van der Waals surface area contributed by atoms with Crippen molar-refractivity contribution in [2.45, 2.75) is 0 Å². The molecule has 0 aliphatic carbocycles. The van der Waals surface area contributed by atoms with Crippen molar-refractivity contribution in [2.75, 3.05) is 5.32 Å². The van der Waals surface area contributed by atoms with E-state index >= 15 is 0 Å². The van der Waals surface area contributed by atoms with E-state index in [2.05, 4.69) is 20.3 Å². The maximum Gasteiger partial charge on any atom is 0.275 e. The zero-order valence-electron chi connectivity index (χ0n) is 11.8. The Labute approximate surface area is 137 Å². The molecule has 0 atom stereocenters. The van der Waals surface area contributed by atoms with E-state index in [1.807, 2.05) is 0 Å². The Hall–Kier alpha value is -2.99. The number of nitrogens with zero attached hydrogens (tertiary/aromatic N) is 3. The molecule has 0 bridgehead atoms. The largest absolute Gasteiger partial charge is 0.456 e. The van der Waals surface area contributed by atoms with Crippen molar-refractivity contribution in [3.8, 4) is 11.5 Å². The van der Waals surface area contributed by atoms with Gasteiger partial charge in [0.15, 0.2) is 0 Å². The number of aromatic nitrogens is 3. The number of hydrogen-bond acceptors (Lipinski definition) is 5. The van der Waals surface area contributed by atoms with E-state index in [1.54, 1.807) is 48.8 Å². The number of amides is 1. The van der Waals surface area contributed by atoms with Gasteiger partial charge in [0.2, 0.25) is 0 Å². The van der Waals surface area contributed by atoms with Crippen molar-refractivity contribution in [3.05, 3.63) is 71.9 Å². The number of carbonyl (C=O) groups is 1. The molecule has 0 aromatic carbocycles. The van der Waals surface area contributed by atoms with E-state index in [9.17, 15) is 4.79 Å². The molecule has 3 heterocycles. The zero-order chi connectivity index (χ0) is 16.1. The molecular weight excluding hydrogens is 316 g/mol. The molecule has 7 heteroatoms. The highest BCUT2D eigenvalue weighted by molar-refractivity contribution is 6.29. The predicted octanol–water partition coefficient (Wildman–Crippen LogP) is 3.57. The van der Waals surface area contributed by atoms with Gasteiger partial charge in [-0.2, -0.15) is 0 Å². The van der Waals surface area contributed by atoms with Crippen LogP contribution in [-0.2, 0) is 0 Å². The molecule has 6 nitrogen and oxygen atoms in total. The van der Waals surface area contributed by atoms with Gasteiger partial charge in [0.25, 0.3) is 5.91 Å². The maximum atomic E-state index is 12.2. The fraction of sp³-hybridized carbons (Fsp3) is 0. The smallest absolute Gasteiger partial charge is 0.275 e. The molecule has 0 spiro atoms. The van der Waals surface area contributed by atoms with Crippen molar-refractivity contribution in [3.63, 3.8) is 0 Å². The summed E-state index contributed by atoms with van der Waals surface area (Å²) in [7, 11) is 0. The maximum absolute atomic E-state index is 12.2. The van der Waals surface area contributed by atoms with E-state index in [1.165, 1.54) is 12.3 Å². The Morgan fingerprint density at radius 2 is 2.00 bits per heavy atom. The van der Waals surface area contributed by atoms with Crippen LogP contribution >= 0.6 is 11.6 Å². The fourth-order valence-electron chi connectivity index (χ4n) is 1.80. The molecule has 3 aromatic heterocycles. The van der Waals surface area contributed by atoms with Crippen molar-refractivity contribution in [1.82, 2.24) is 15.0 Å². The highest BCUT2D eigenvalue weighted by Crippen LogP contribution is 2.20. The van der Waals surface area contributed by atoms with E-state index in [0.29, 0.717) is 22.5 Å². The highest BCUT2D eigenvalue weighted by Gasteiger charge is 2.10. The molecule has 114 valence electrons. The molecule has 0 aliphatic heterocycles. The second-order valence-corrected chi connectivity index (χ2v) is 4.85. The van der Waals surface area contributed by atoms with Crippen LogP contribution in [0.25, 0.3) is 0 Å². The van der Waals surface area contributed by atoms with Crippen molar-refractivity contribution in [1.29, 1.82) is 0 Å². The van der Waals surface area contributed by atoms with E-state index < -0.39 is 5.91 Å².